The average molecular weight is 429 g/mol. The maximum Gasteiger partial charge on any atom is 0.416 e. The van der Waals surface area contributed by atoms with Gasteiger partial charge in [0.25, 0.3) is 0 Å². The Labute approximate surface area is 146 Å². The number of hydrogen-bond acceptors (Lipinski definition) is 1. The molecule has 0 bridgehead atoms. The Morgan fingerprint density at radius 2 is 1.82 bits per heavy atom. The molecule has 3 N–H and O–H groups in total. The molecule has 1 rings (SSSR count). The predicted octanol–water partition coefficient (Wildman–Crippen LogP) is 3.82. The fraction of sp³-hybridized carbons (Fsp3) is 0.533. The highest BCUT2D eigenvalue weighted by Gasteiger charge is 2.29. The molecule has 0 heterocycles. The molecule has 0 aromatic heterocycles. The molecule has 0 saturated heterocycles. The van der Waals surface area contributed by atoms with E-state index in [2.05, 4.69) is 24.2 Å². The van der Waals surface area contributed by atoms with Crippen molar-refractivity contribution in [2.75, 3.05) is 13.1 Å². The quantitative estimate of drug-likeness (QED) is 0.411. The number of nitrogens with two attached hydrogens (primary N) is 1. The summed E-state index contributed by atoms with van der Waals surface area (Å²) in [6.45, 7) is 5.45. The summed E-state index contributed by atoms with van der Waals surface area (Å²) in [6, 6.07) is 5.15. The Morgan fingerprint density at radius 1 is 1.23 bits per heavy atom. The number of aliphatic imine (C=N–C) groups is 1. The first-order valence-corrected chi connectivity index (χ1v) is 6.99. The lowest BCUT2D eigenvalue weighted by Crippen LogP contribution is -2.33. The van der Waals surface area contributed by atoms with E-state index in [0.29, 0.717) is 31.4 Å². The lowest BCUT2D eigenvalue weighted by atomic mass is 10.1. The van der Waals surface area contributed by atoms with Crippen LogP contribution in [0, 0.1) is 5.92 Å². The van der Waals surface area contributed by atoms with Gasteiger partial charge in [-0.15, -0.1) is 24.0 Å². The van der Waals surface area contributed by atoms with Crippen LogP contribution in [-0.2, 0) is 12.6 Å². The molecule has 126 valence electrons. The first kappa shape index (κ1) is 21.0. The number of nitrogens with one attached hydrogen (secondary N) is 1. The fourth-order valence-corrected chi connectivity index (χ4v) is 1.69. The van der Waals surface area contributed by atoms with Gasteiger partial charge in [0.05, 0.1) is 5.56 Å². The molecule has 0 atom stereocenters. The molecule has 0 spiro atoms. The van der Waals surface area contributed by atoms with Crippen LogP contribution < -0.4 is 11.1 Å². The van der Waals surface area contributed by atoms with Gasteiger partial charge in [-0.3, -0.25) is 4.99 Å². The molecule has 1 aromatic carbocycles. The normalized spacial score (nSPS) is 12.2. The molecule has 7 heteroatoms. The van der Waals surface area contributed by atoms with Crippen LogP contribution in [0.4, 0.5) is 13.2 Å². The second-order valence-corrected chi connectivity index (χ2v) is 5.32. The fourth-order valence-electron chi connectivity index (χ4n) is 1.69. The van der Waals surface area contributed by atoms with Crippen molar-refractivity contribution in [3.05, 3.63) is 35.4 Å². The summed E-state index contributed by atoms with van der Waals surface area (Å²) in [7, 11) is 0. The Bertz CT molecular complexity index is 456. The number of alkyl halides is 3. The Balaban J connectivity index is 0.00000441. The third kappa shape index (κ3) is 8.45. The van der Waals surface area contributed by atoms with Crippen molar-refractivity contribution < 1.29 is 13.2 Å². The maximum atomic E-state index is 12.4. The van der Waals surface area contributed by atoms with Gasteiger partial charge in [-0.1, -0.05) is 26.0 Å². The topological polar surface area (TPSA) is 50.4 Å². The Hall–Kier alpha value is -0.990. The molecule has 22 heavy (non-hydrogen) atoms. The van der Waals surface area contributed by atoms with Gasteiger partial charge >= 0.3 is 6.18 Å². The predicted molar refractivity (Wildman–Crippen MR) is 94.5 cm³/mol. The standard InChI is InChI=1S/C15H22F3N3.HI/c1-11(2)7-9-20-14(19)21-10-8-12-3-5-13(6-4-12)15(16,17)18;/h3-6,11H,7-10H2,1-2H3,(H3,19,20,21);1H. The van der Waals surface area contributed by atoms with E-state index in [1.54, 1.807) is 0 Å². The van der Waals surface area contributed by atoms with Gasteiger partial charge in [0.15, 0.2) is 5.96 Å². The number of nitrogens with zero attached hydrogens (tertiary/aromatic N) is 1. The summed E-state index contributed by atoms with van der Waals surface area (Å²) in [4.78, 5) is 4.18. The van der Waals surface area contributed by atoms with Gasteiger partial charge in [-0.05, 0) is 36.5 Å². The summed E-state index contributed by atoms with van der Waals surface area (Å²) in [5.74, 6) is 0.955. The monoisotopic (exact) mass is 429 g/mol. The van der Waals surface area contributed by atoms with Crippen molar-refractivity contribution >= 4 is 29.9 Å². The molecular formula is C15H23F3IN3. The number of rotatable bonds is 6. The van der Waals surface area contributed by atoms with Crippen molar-refractivity contribution in [2.45, 2.75) is 32.9 Å². The highest BCUT2D eigenvalue weighted by Crippen LogP contribution is 2.29. The van der Waals surface area contributed by atoms with Crippen molar-refractivity contribution in [3.8, 4) is 0 Å². The van der Waals surface area contributed by atoms with Gasteiger partial charge in [0.1, 0.15) is 0 Å². The van der Waals surface area contributed by atoms with Gasteiger partial charge in [0, 0.05) is 13.1 Å². The Morgan fingerprint density at radius 3 is 2.32 bits per heavy atom. The highest BCUT2D eigenvalue weighted by atomic mass is 127. The molecule has 0 aliphatic rings. The van der Waals surface area contributed by atoms with Crippen LogP contribution >= 0.6 is 24.0 Å². The number of guanidine groups is 1. The van der Waals surface area contributed by atoms with Crippen LogP contribution in [0.5, 0.6) is 0 Å². The summed E-state index contributed by atoms with van der Waals surface area (Å²) in [5.41, 5.74) is 5.89. The van der Waals surface area contributed by atoms with E-state index in [0.717, 1.165) is 24.1 Å². The van der Waals surface area contributed by atoms with Crippen molar-refractivity contribution in [3.63, 3.8) is 0 Å². The number of benzene rings is 1. The summed E-state index contributed by atoms with van der Waals surface area (Å²) in [6.07, 6.45) is -2.72. The van der Waals surface area contributed by atoms with Crippen LogP contribution in [0.1, 0.15) is 31.4 Å². The first-order valence-electron chi connectivity index (χ1n) is 6.99. The molecular weight excluding hydrogens is 406 g/mol. The van der Waals surface area contributed by atoms with Crippen molar-refractivity contribution in [1.82, 2.24) is 5.32 Å². The first-order chi connectivity index (χ1) is 9.79. The molecule has 1 aromatic rings. The molecule has 0 fully saturated rings. The van der Waals surface area contributed by atoms with Crippen LogP contribution in [0.15, 0.2) is 29.3 Å². The van der Waals surface area contributed by atoms with Gasteiger partial charge in [-0.25, -0.2) is 0 Å². The summed E-state index contributed by atoms with van der Waals surface area (Å²) >= 11 is 0. The molecule has 0 unspecified atom stereocenters. The molecule has 0 amide bonds. The molecule has 0 aliphatic carbocycles. The highest BCUT2D eigenvalue weighted by molar-refractivity contribution is 14.0. The summed E-state index contributed by atoms with van der Waals surface area (Å²) in [5, 5.41) is 2.96. The van der Waals surface area contributed by atoms with E-state index < -0.39 is 11.7 Å². The second-order valence-electron chi connectivity index (χ2n) is 5.32. The Kier molecular flexibility index (Phi) is 9.47. The third-order valence-corrected chi connectivity index (χ3v) is 2.99. The van der Waals surface area contributed by atoms with E-state index in [-0.39, 0.29) is 24.0 Å². The molecule has 0 radical (unpaired) electrons. The van der Waals surface area contributed by atoms with Crippen LogP contribution in [0.3, 0.4) is 0 Å². The van der Waals surface area contributed by atoms with E-state index in [4.69, 9.17) is 5.73 Å². The van der Waals surface area contributed by atoms with Gasteiger partial charge in [0.2, 0.25) is 0 Å². The minimum Gasteiger partial charge on any atom is -0.370 e. The van der Waals surface area contributed by atoms with E-state index in [9.17, 15) is 13.2 Å². The summed E-state index contributed by atoms with van der Waals surface area (Å²) < 4.78 is 37.2. The zero-order valence-electron chi connectivity index (χ0n) is 12.8. The average Bonchev–Trinajstić information content (AvgIpc) is 2.38. The van der Waals surface area contributed by atoms with Crippen LogP contribution in [0.25, 0.3) is 0 Å². The zero-order valence-corrected chi connectivity index (χ0v) is 15.1. The van der Waals surface area contributed by atoms with E-state index >= 15 is 0 Å². The van der Waals surface area contributed by atoms with E-state index in [1.807, 2.05) is 0 Å². The van der Waals surface area contributed by atoms with Crippen molar-refractivity contribution in [1.29, 1.82) is 0 Å². The maximum absolute atomic E-state index is 12.4. The number of hydrogen-bond donors (Lipinski definition) is 2. The molecule has 0 saturated carbocycles. The van der Waals surface area contributed by atoms with E-state index in [1.165, 1.54) is 12.1 Å². The van der Waals surface area contributed by atoms with Crippen molar-refractivity contribution in [2.24, 2.45) is 16.6 Å². The van der Waals surface area contributed by atoms with Gasteiger partial charge < -0.3 is 11.1 Å². The minimum atomic E-state index is -4.29. The minimum absolute atomic E-state index is 0. The second kappa shape index (κ2) is 9.91. The van der Waals surface area contributed by atoms with Crippen LogP contribution in [-0.4, -0.2) is 19.0 Å². The lowest BCUT2D eigenvalue weighted by Gasteiger charge is -2.09. The molecule has 0 aliphatic heterocycles. The largest absolute Gasteiger partial charge is 0.416 e. The lowest BCUT2D eigenvalue weighted by molar-refractivity contribution is -0.137. The third-order valence-electron chi connectivity index (χ3n) is 2.99. The van der Waals surface area contributed by atoms with Gasteiger partial charge in [-0.2, -0.15) is 13.2 Å². The number of halogens is 4. The van der Waals surface area contributed by atoms with Crippen LogP contribution in [0.2, 0.25) is 0 Å². The SMILES string of the molecule is CC(C)CCN=C(N)NCCc1ccc(C(F)(F)F)cc1.I. The smallest absolute Gasteiger partial charge is 0.370 e. The molecule has 3 nitrogen and oxygen atoms in total. The zero-order chi connectivity index (χ0) is 15.9.